The number of halogens is 2. The van der Waals surface area contributed by atoms with Crippen LogP contribution in [-0.2, 0) is 6.61 Å². The second kappa shape index (κ2) is 10.1. The van der Waals surface area contributed by atoms with Gasteiger partial charge in [-0.15, -0.1) is 0 Å². The molecule has 5 nitrogen and oxygen atoms in total. The Balaban J connectivity index is 1.67. The molecule has 3 aromatic rings. The van der Waals surface area contributed by atoms with Gasteiger partial charge in [0, 0.05) is 15.1 Å². The highest BCUT2D eigenvalue weighted by Crippen LogP contribution is 2.22. The van der Waals surface area contributed by atoms with Crippen molar-refractivity contribution < 1.29 is 14.3 Å². The summed E-state index contributed by atoms with van der Waals surface area (Å²) in [6.07, 6.45) is 1.54. The average Bonchev–Trinajstić information content (AvgIpc) is 2.75. The third-order valence-electron chi connectivity index (χ3n) is 4.01. The molecule has 0 saturated heterocycles. The van der Waals surface area contributed by atoms with Crippen LogP contribution in [0.25, 0.3) is 0 Å². The first kappa shape index (κ1) is 20.9. The number of benzene rings is 3. The summed E-state index contributed by atoms with van der Waals surface area (Å²) < 4.78 is 11.9. The van der Waals surface area contributed by atoms with E-state index >= 15 is 0 Å². The molecule has 0 heterocycles. The highest BCUT2D eigenvalue weighted by Gasteiger charge is 2.11. The van der Waals surface area contributed by atoms with E-state index < -0.39 is 0 Å². The maximum Gasteiger partial charge on any atom is 0.275 e. The van der Waals surface area contributed by atoms with Crippen LogP contribution in [0.15, 0.2) is 76.3 Å². The Morgan fingerprint density at radius 1 is 1.14 bits per heavy atom. The average molecular weight is 474 g/mol. The molecular formula is C22H18BrClN2O3. The number of hydrogen-bond acceptors (Lipinski definition) is 4. The number of methoxy groups -OCH3 is 1. The van der Waals surface area contributed by atoms with Gasteiger partial charge < -0.3 is 9.47 Å². The van der Waals surface area contributed by atoms with Gasteiger partial charge in [0.1, 0.15) is 18.1 Å². The lowest BCUT2D eigenvalue weighted by Crippen LogP contribution is -2.18. The zero-order valence-electron chi connectivity index (χ0n) is 15.6. The molecule has 3 aromatic carbocycles. The number of amides is 1. The van der Waals surface area contributed by atoms with E-state index in [1.807, 2.05) is 36.4 Å². The van der Waals surface area contributed by atoms with Crippen molar-refractivity contribution in [1.29, 1.82) is 0 Å². The molecule has 0 aliphatic rings. The van der Waals surface area contributed by atoms with Crippen LogP contribution in [-0.4, -0.2) is 19.2 Å². The van der Waals surface area contributed by atoms with Gasteiger partial charge in [0.2, 0.25) is 0 Å². The number of rotatable bonds is 7. The van der Waals surface area contributed by atoms with E-state index in [4.69, 9.17) is 21.1 Å². The highest BCUT2D eigenvalue weighted by molar-refractivity contribution is 9.10. The molecule has 29 heavy (non-hydrogen) atoms. The Morgan fingerprint density at radius 3 is 2.66 bits per heavy atom. The Labute approximate surface area is 182 Å². The predicted octanol–water partition coefficient (Wildman–Crippen LogP) is 5.45. The minimum atomic E-state index is -0.369. The maximum atomic E-state index is 12.6. The Bertz CT molecular complexity index is 1020. The second-order valence-electron chi connectivity index (χ2n) is 6.00. The van der Waals surface area contributed by atoms with Gasteiger partial charge in [0.25, 0.3) is 5.91 Å². The zero-order chi connectivity index (χ0) is 20.6. The van der Waals surface area contributed by atoms with Crippen molar-refractivity contribution in [2.45, 2.75) is 6.61 Å². The minimum absolute atomic E-state index is 0.321. The summed E-state index contributed by atoms with van der Waals surface area (Å²) in [4.78, 5) is 12.6. The molecule has 148 valence electrons. The van der Waals surface area contributed by atoms with Crippen LogP contribution >= 0.6 is 27.5 Å². The fourth-order valence-electron chi connectivity index (χ4n) is 2.49. The van der Waals surface area contributed by atoms with Crippen LogP contribution in [0.5, 0.6) is 11.5 Å². The Morgan fingerprint density at radius 2 is 1.90 bits per heavy atom. The van der Waals surface area contributed by atoms with Gasteiger partial charge in [-0.1, -0.05) is 51.8 Å². The first-order chi connectivity index (χ1) is 14.1. The number of nitrogens with one attached hydrogen (secondary N) is 1. The summed E-state index contributed by atoms with van der Waals surface area (Å²) in [7, 11) is 1.59. The monoisotopic (exact) mass is 472 g/mol. The molecule has 1 N–H and O–H groups in total. The molecule has 0 saturated carbocycles. The summed E-state index contributed by atoms with van der Waals surface area (Å²) >= 11 is 9.34. The smallest absolute Gasteiger partial charge is 0.275 e. The number of nitrogens with zero attached hydrogens (tertiary/aromatic N) is 1. The van der Waals surface area contributed by atoms with Crippen LogP contribution in [0.3, 0.4) is 0 Å². The first-order valence-corrected chi connectivity index (χ1v) is 9.87. The maximum absolute atomic E-state index is 12.6. The van der Waals surface area contributed by atoms with E-state index in [2.05, 4.69) is 26.5 Å². The quantitative estimate of drug-likeness (QED) is 0.366. The van der Waals surface area contributed by atoms with Gasteiger partial charge in [0.15, 0.2) is 0 Å². The highest BCUT2D eigenvalue weighted by atomic mass is 79.9. The van der Waals surface area contributed by atoms with E-state index in [-0.39, 0.29) is 5.91 Å². The zero-order valence-corrected chi connectivity index (χ0v) is 17.9. The number of carbonyl (C=O) groups is 1. The molecule has 3 rings (SSSR count). The summed E-state index contributed by atoms with van der Waals surface area (Å²) in [5, 5.41) is 4.70. The van der Waals surface area contributed by atoms with Crippen molar-refractivity contribution in [3.05, 3.63) is 92.9 Å². The fourth-order valence-corrected chi connectivity index (χ4v) is 2.97. The largest absolute Gasteiger partial charge is 0.497 e. The summed E-state index contributed by atoms with van der Waals surface area (Å²) in [6.45, 7) is 0.321. The van der Waals surface area contributed by atoms with E-state index in [1.54, 1.807) is 43.7 Å². The van der Waals surface area contributed by atoms with Gasteiger partial charge in [-0.2, -0.15) is 5.10 Å². The first-order valence-electron chi connectivity index (χ1n) is 8.70. The summed E-state index contributed by atoms with van der Waals surface area (Å²) in [6, 6.07) is 19.8. The van der Waals surface area contributed by atoms with Crippen LogP contribution in [0.4, 0.5) is 0 Å². The Kier molecular flexibility index (Phi) is 7.27. The molecular weight excluding hydrogens is 456 g/mol. The van der Waals surface area contributed by atoms with Gasteiger partial charge in [-0.3, -0.25) is 4.79 Å². The van der Waals surface area contributed by atoms with Gasteiger partial charge in [-0.05, 0) is 48.0 Å². The van der Waals surface area contributed by atoms with Gasteiger partial charge >= 0.3 is 0 Å². The lowest BCUT2D eigenvalue weighted by Gasteiger charge is -2.10. The van der Waals surface area contributed by atoms with Crippen LogP contribution in [0.1, 0.15) is 21.5 Å². The standard InChI is InChI=1S/C22H18BrClN2O3/c1-28-18-10-11-20(23)16(12-18)13-25-26-22(27)19-4-2-3-5-21(19)29-14-15-6-8-17(24)9-7-15/h2-13H,14H2,1H3,(H,26,27)/b25-13-. The molecule has 0 aliphatic heterocycles. The van der Waals surface area contributed by atoms with E-state index in [1.165, 1.54) is 0 Å². The molecule has 0 radical (unpaired) electrons. The van der Waals surface area contributed by atoms with E-state index in [0.717, 1.165) is 15.6 Å². The number of para-hydroxylation sites is 1. The van der Waals surface area contributed by atoms with Crippen LogP contribution in [0, 0.1) is 0 Å². The number of ether oxygens (including phenoxy) is 2. The van der Waals surface area contributed by atoms with Crippen molar-refractivity contribution in [1.82, 2.24) is 5.43 Å². The molecule has 0 atom stereocenters. The van der Waals surface area contributed by atoms with Crippen molar-refractivity contribution in [3.8, 4) is 11.5 Å². The molecule has 0 spiro atoms. The third kappa shape index (κ3) is 5.82. The van der Waals surface area contributed by atoms with Crippen LogP contribution < -0.4 is 14.9 Å². The molecule has 0 aromatic heterocycles. The third-order valence-corrected chi connectivity index (χ3v) is 4.99. The van der Waals surface area contributed by atoms with Crippen molar-refractivity contribution in [2.75, 3.05) is 7.11 Å². The number of hydrazone groups is 1. The van der Waals surface area contributed by atoms with E-state index in [9.17, 15) is 4.79 Å². The number of hydrogen-bond donors (Lipinski definition) is 1. The summed E-state index contributed by atoms with van der Waals surface area (Å²) in [5.74, 6) is 0.798. The second-order valence-corrected chi connectivity index (χ2v) is 7.29. The number of carbonyl (C=O) groups excluding carboxylic acids is 1. The lowest BCUT2D eigenvalue weighted by molar-refractivity contribution is 0.0950. The van der Waals surface area contributed by atoms with Crippen molar-refractivity contribution in [3.63, 3.8) is 0 Å². The Hall–Kier alpha value is -2.83. The molecule has 0 aliphatic carbocycles. The summed E-state index contributed by atoms with van der Waals surface area (Å²) in [5.41, 5.74) is 4.65. The molecule has 0 fully saturated rings. The predicted molar refractivity (Wildman–Crippen MR) is 118 cm³/mol. The van der Waals surface area contributed by atoms with Crippen molar-refractivity contribution >= 4 is 39.7 Å². The SMILES string of the molecule is COc1ccc(Br)c(/C=N\NC(=O)c2ccccc2OCc2ccc(Cl)cc2)c1. The lowest BCUT2D eigenvalue weighted by atomic mass is 10.2. The molecule has 1 amide bonds. The minimum Gasteiger partial charge on any atom is -0.497 e. The molecule has 0 bridgehead atoms. The normalized spacial score (nSPS) is 10.7. The van der Waals surface area contributed by atoms with Gasteiger partial charge in [-0.25, -0.2) is 5.43 Å². The topological polar surface area (TPSA) is 59.9 Å². The van der Waals surface area contributed by atoms with E-state index in [0.29, 0.717) is 28.7 Å². The van der Waals surface area contributed by atoms with Crippen LogP contribution in [0.2, 0.25) is 5.02 Å². The molecule has 0 unspecified atom stereocenters. The van der Waals surface area contributed by atoms with Crippen molar-refractivity contribution in [2.24, 2.45) is 5.10 Å². The molecule has 7 heteroatoms. The van der Waals surface area contributed by atoms with Gasteiger partial charge in [0.05, 0.1) is 18.9 Å². The fraction of sp³-hybridized carbons (Fsp3) is 0.0909.